The number of carbonyl (C=O) groups excluding carboxylic acids is 1. The van der Waals surface area contributed by atoms with Crippen molar-refractivity contribution in [3.8, 4) is 5.75 Å². The minimum Gasteiger partial charge on any atom is -0.507 e. The van der Waals surface area contributed by atoms with Crippen molar-refractivity contribution in [1.29, 1.82) is 0 Å². The molecule has 0 atom stereocenters. The summed E-state index contributed by atoms with van der Waals surface area (Å²) < 4.78 is 13.5. The third-order valence-electron chi connectivity index (χ3n) is 2.85. The van der Waals surface area contributed by atoms with Gasteiger partial charge in [0.2, 0.25) is 0 Å². The standard InChI is InChI=1S/C15H14FNO3/c16-12-5-2-6-13(19)14(12)15(20)17-8-10-3-1-4-11(7-10)9-18/h1-7,18-19H,8-9H2,(H,17,20). The van der Waals surface area contributed by atoms with Crippen LogP contribution in [0.15, 0.2) is 42.5 Å². The van der Waals surface area contributed by atoms with E-state index in [2.05, 4.69) is 5.32 Å². The summed E-state index contributed by atoms with van der Waals surface area (Å²) in [5, 5.41) is 21.1. The molecule has 0 heterocycles. The van der Waals surface area contributed by atoms with Crippen LogP contribution in [0, 0.1) is 5.82 Å². The van der Waals surface area contributed by atoms with Crippen LogP contribution < -0.4 is 5.32 Å². The van der Waals surface area contributed by atoms with Gasteiger partial charge in [0.1, 0.15) is 17.1 Å². The number of aromatic hydroxyl groups is 1. The lowest BCUT2D eigenvalue weighted by atomic mass is 10.1. The second-order valence-electron chi connectivity index (χ2n) is 4.29. The van der Waals surface area contributed by atoms with Gasteiger partial charge in [-0.1, -0.05) is 30.3 Å². The van der Waals surface area contributed by atoms with Gasteiger partial charge in [0.25, 0.3) is 5.91 Å². The first-order valence-electron chi connectivity index (χ1n) is 6.06. The number of benzene rings is 2. The molecule has 2 aromatic rings. The molecule has 5 heteroatoms. The average Bonchev–Trinajstić information content (AvgIpc) is 2.45. The summed E-state index contributed by atoms with van der Waals surface area (Å²) in [6, 6.07) is 10.7. The summed E-state index contributed by atoms with van der Waals surface area (Å²) in [4.78, 5) is 11.9. The van der Waals surface area contributed by atoms with Crippen molar-refractivity contribution >= 4 is 5.91 Å². The third kappa shape index (κ3) is 3.13. The minimum absolute atomic E-state index is 0.0874. The Bertz CT molecular complexity index is 608. The summed E-state index contributed by atoms with van der Waals surface area (Å²) in [5.74, 6) is -1.85. The van der Waals surface area contributed by atoms with E-state index >= 15 is 0 Å². The Morgan fingerprint density at radius 1 is 1.15 bits per heavy atom. The number of aliphatic hydroxyl groups excluding tert-OH is 1. The number of amides is 1. The number of carbonyl (C=O) groups is 1. The maximum absolute atomic E-state index is 13.5. The van der Waals surface area contributed by atoms with E-state index in [4.69, 9.17) is 5.11 Å². The summed E-state index contributed by atoms with van der Waals surface area (Å²) >= 11 is 0. The molecule has 0 radical (unpaired) electrons. The highest BCUT2D eigenvalue weighted by Gasteiger charge is 2.15. The van der Waals surface area contributed by atoms with Gasteiger partial charge >= 0.3 is 0 Å². The Kier molecular flexibility index (Phi) is 4.32. The smallest absolute Gasteiger partial charge is 0.258 e. The molecule has 0 saturated heterocycles. The number of hydrogen-bond acceptors (Lipinski definition) is 3. The van der Waals surface area contributed by atoms with E-state index in [0.717, 1.165) is 17.2 Å². The molecule has 104 valence electrons. The first kappa shape index (κ1) is 14.0. The minimum atomic E-state index is -0.772. The first-order valence-corrected chi connectivity index (χ1v) is 6.06. The van der Waals surface area contributed by atoms with Gasteiger partial charge in [0, 0.05) is 6.54 Å². The van der Waals surface area contributed by atoms with E-state index in [9.17, 15) is 14.3 Å². The van der Waals surface area contributed by atoms with Crippen molar-refractivity contribution in [3.05, 3.63) is 65.0 Å². The summed E-state index contributed by atoms with van der Waals surface area (Å²) in [5.41, 5.74) is 1.14. The van der Waals surface area contributed by atoms with E-state index in [-0.39, 0.29) is 18.7 Å². The Morgan fingerprint density at radius 3 is 2.55 bits per heavy atom. The molecule has 0 bridgehead atoms. The molecule has 0 saturated carbocycles. The maximum Gasteiger partial charge on any atom is 0.258 e. The average molecular weight is 275 g/mol. The monoisotopic (exact) mass is 275 g/mol. The van der Waals surface area contributed by atoms with E-state index < -0.39 is 17.5 Å². The summed E-state index contributed by atoms with van der Waals surface area (Å²) in [6.45, 7) is 0.0936. The largest absolute Gasteiger partial charge is 0.507 e. The van der Waals surface area contributed by atoms with Crippen molar-refractivity contribution in [1.82, 2.24) is 5.32 Å². The molecule has 1 amide bonds. The summed E-state index contributed by atoms with van der Waals surface area (Å²) in [7, 11) is 0. The van der Waals surface area contributed by atoms with E-state index in [1.54, 1.807) is 24.3 Å². The Hall–Kier alpha value is -2.40. The lowest BCUT2D eigenvalue weighted by molar-refractivity contribution is 0.0944. The zero-order valence-corrected chi connectivity index (χ0v) is 10.6. The number of halogens is 1. The van der Waals surface area contributed by atoms with Crippen LogP contribution >= 0.6 is 0 Å². The Labute approximate surface area is 115 Å². The molecular weight excluding hydrogens is 261 g/mol. The number of rotatable bonds is 4. The number of nitrogens with one attached hydrogen (secondary N) is 1. The van der Waals surface area contributed by atoms with Crippen molar-refractivity contribution in [2.45, 2.75) is 13.2 Å². The fourth-order valence-corrected chi connectivity index (χ4v) is 1.85. The quantitative estimate of drug-likeness (QED) is 0.798. The number of phenolic OH excluding ortho intramolecular Hbond substituents is 1. The van der Waals surface area contributed by atoms with Crippen molar-refractivity contribution in [2.75, 3.05) is 0 Å². The van der Waals surface area contributed by atoms with Crippen LogP contribution in [0.4, 0.5) is 4.39 Å². The highest BCUT2D eigenvalue weighted by Crippen LogP contribution is 2.19. The van der Waals surface area contributed by atoms with Gasteiger partial charge in [0.05, 0.1) is 6.61 Å². The van der Waals surface area contributed by atoms with Gasteiger partial charge in [0.15, 0.2) is 0 Å². The second-order valence-corrected chi connectivity index (χ2v) is 4.29. The highest BCUT2D eigenvalue weighted by molar-refractivity contribution is 5.97. The molecule has 0 aliphatic carbocycles. The molecular formula is C15H14FNO3. The van der Waals surface area contributed by atoms with Crippen LogP contribution in [0.25, 0.3) is 0 Å². The number of aliphatic hydroxyl groups is 1. The number of phenols is 1. The third-order valence-corrected chi connectivity index (χ3v) is 2.85. The topological polar surface area (TPSA) is 69.6 Å². The molecule has 0 unspecified atom stereocenters. The molecule has 0 aromatic heterocycles. The van der Waals surface area contributed by atoms with Crippen molar-refractivity contribution in [3.63, 3.8) is 0 Å². The molecule has 3 N–H and O–H groups in total. The molecule has 20 heavy (non-hydrogen) atoms. The van der Waals surface area contributed by atoms with E-state index in [1.807, 2.05) is 0 Å². The van der Waals surface area contributed by atoms with Gasteiger partial charge in [-0.3, -0.25) is 4.79 Å². The Morgan fingerprint density at radius 2 is 1.85 bits per heavy atom. The molecule has 2 rings (SSSR count). The molecule has 0 aliphatic heterocycles. The Balaban J connectivity index is 2.09. The lowest BCUT2D eigenvalue weighted by Gasteiger charge is -2.08. The SMILES string of the molecule is O=C(NCc1cccc(CO)c1)c1c(O)cccc1F. The maximum atomic E-state index is 13.5. The fourth-order valence-electron chi connectivity index (χ4n) is 1.85. The predicted octanol–water partition coefficient (Wildman–Crippen LogP) is 1.95. The van der Waals surface area contributed by atoms with E-state index in [0.29, 0.717) is 0 Å². The van der Waals surface area contributed by atoms with Crippen LogP contribution in [0.2, 0.25) is 0 Å². The van der Waals surface area contributed by atoms with Crippen molar-refractivity contribution in [2.24, 2.45) is 0 Å². The van der Waals surface area contributed by atoms with Gasteiger partial charge in [-0.25, -0.2) is 4.39 Å². The van der Waals surface area contributed by atoms with Gasteiger partial charge in [-0.2, -0.15) is 0 Å². The van der Waals surface area contributed by atoms with Crippen LogP contribution in [-0.2, 0) is 13.2 Å². The van der Waals surface area contributed by atoms with Crippen LogP contribution in [-0.4, -0.2) is 16.1 Å². The van der Waals surface area contributed by atoms with Gasteiger partial charge in [-0.05, 0) is 23.3 Å². The van der Waals surface area contributed by atoms with Crippen molar-refractivity contribution < 1.29 is 19.4 Å². The van der Waals surface area contributed by atoms with Crippen LogP contribution in [0.1, 0.15) is 21.5 Å². The summed E-state index contributed by atoms with van der Waals surface area (Å²) in [6.07, 6.45) is 0. The second kappa shape index (κ2) is 6.16. The predicted molar refractivity (Wildman–Crippen MR) is 71.6 cm³/mol. The lowest BCUT2D eigenvalue weighted by Crippen LogP contribution is -2.24. The van der Waals surface area contributed by atoms with Crippen LogP contribution in [0.5, 0.6) is 5.75 Å². The van der Waals surface area contributed by atoms with Gasteiger partial charge in [-0.15, -0.1) is 0 Å². The molecule has 2 aromatic carbocycles. The highest BCUT2D eigenvalue weighted by atomic mass is 19.1. The van der Waals surface area contributed by atoms with Gasteiger partial charge < -0.3 is 15.5 Å². The normalized spacial score (nSPS) is 10.3. The molecule has 0 spiro atoms. The molecule has 0 fully saturated rings. The number of hydrogen-bond donors (Lipinski definition) is 3. The van der Waals surface area contributed by atoms with Crippen LogP contribution in [0.3, 0.4) is 0 Å². The molecule has 0 aliphatic rings. The fraction of sp³-hybridized carbons (Fsp3) is 0.133. The zero-order valence-electron chi connectivity index (χ0n) is 10.6. The zero-order chi connectivity index (χ0) is 14.5. The van der Waals surface area contributed by atoms with E-state index in [1.165, 1.54) is 12.1 Å². The first-order chi connectivity index (χ1) is 9.61. The molecule has 4 nitrogen and oxygen atoms in total.